The molecule has 1 fully saturated rings. The summed E-state index contributed by atoms with van der Waals surface area (Å²) in [6.07, 6.45) is 7.23. The van der Waals surface area contributed by atoms with Gasteiger partial charge in [-0.1, -0.05) is 23.8 Å². The van der Waals surface area contributed by atoms with E-state index in [-0.39, 0.29) is 5.97 Å². The normalized spacial score (nSPS) is 34.9. The van der Waals surface area contributed by atoms with Crippen molar-refractivity contribution >= 4 is 5.97 Å². The largest absolute Gasteiger partial charge is 0.465 e. The maximum atomic E-state index is 11.3. The topological polar surface area (TPSA) is 26.3 Å². The van der Waals surface area contributed by atoms with Crippen LogP contribution in [0, 0.1) is 11.8 Å². The van der Waals surface area contributed by atoms with Gasteiger partial charge in [0.25, 0.3) is 0 Å². The fourth-order valence-electron chi connectivity index (χ4n) is 2.69. The van der Waals surface area contributed by atoms with Crippen LogP contribution in [-0.2, 0) is 9.53 Å². The van der Waals surface area contributed by atoms with Gasteiger partial charge in [0, 0.05) is 12.3 Å². The molecule has 0 N–H and O–H groups in total. The number of allylic oxidation sites excluding steroid dienone is 2. The van der Waals surface area contributed by atoms with Crippen molar-refractivity contribution in [1.82, 2.24) is 0 Å². The van der Waals surface area contributed by atoms with Crippen LogP contribution in [0.1, 0.15) is 39.0 Å². The maximum Gasteiger partial charge on any atom is 0.306 e. The minimum Gasteiger partial charge on any atom is -0.465 e. The van der Waals surface area contributed by atoms with Gasteiger partial charge in [0.1, 0.15) is 0 Å². The zero-order chi connectivity index (χ0) is 11.5. The Labute approximate surface area is 97.4 Å². The van der Waals surface area contributed by atoms with E-state index >= 15 is 0 Å². The van der Waals surface area contributed by atoms with E-state index in [1.54, 1.807) is 0 Å². The summed E-state index contributed by atoms with van der Waals surface area (Å²) in [6.45, 7) is 6.91. The van der Waals surface area contributed by atoms with Gasteiger partial charge in [-0.15, -0.1) is 0 Å². The SMILES string of the molecule is C=C1CC/C=C(\C)CC[C@@H]2CC(=O)OC[C@@H]12. The second kappa shape index (κ2) is 4.86. The highest BCUT2D eigenvalue weighted by Gasteiger charge is 2.32. The Hall–Kier alpha value is -1.05. The lowest BCUT2D eigenvalue weighted by molar-refractivity contribution is -0.152. The van der Waals surface area contributed by atoms with Gasteiger partial charge in [0.2, 0.25) is 0 Å². The van der Waals surface area contributed by atoms with Crippen molar-refractivity contribution in [2.24, 2.45) is 11.8 Å². The molecule has 2 aliphatic rings. The molecule has 2 rings (SSSR count). The fourth-order valence-corrected chi connectivity index (χ4v) is 2.69. The van der Waals surface area contributed by atoms with E-state index in [0.717, 1.165) is 25.7 Å². The van der Waals surface area contributed by atoms with Crippen molar-refractivity contribution in [3.8, 4) is 0 Å². The molecular weight excluding hydrogens is 200 g/mol. The van der Waals surface area contributed by atoms with E-state index in [2.05, 4.69) is 19.6 Å². The van der Waals surface area contributed by atoms with Crippen molar-refractivity contribution in [2.75, 3.05) is 6.61 Å². The predicted molar refractivity (Wildman–Crippen MR) is 63.9 cm³/mol. The molecule has 0 saturated carbocycles. The number of hydrogen-bond acceptors (Lipinski definition) is 2. The van der Waals surface area contributed by atoms with E-state index in [1.807, 2.05) is 0 Å². The Balaban J connectivity index is 2.12. The molecule has 0 spiro atoms. The molecule has 1 saturated heterocycles. The third-order valence-electron chi connectivity index (χ3n) is 3.81. The average molecular weight is 220 g/mol. The molecule has 1 heterocycles. The van der Waals surface area contributed by atoms with Gasteiger partial charge in [-0.05, 0) is 38.5 Å². The molecule has 0 unspecified atom stereocenters. The standard InChI is InChI=1S/C14H20O2/c1-10-4-3-5-11(2)13-9-16-14(15)8-12(13)7-6-10/h4,12-13H,2-3,5-9H2,1H3/b10-4+/t12-,13+/m1/s1. The number of rotatable bonds is 0. The van der Waals surface area contributed by atoms with E-state index in [0.29, 0.717) is 24.9 Å². The molecule has 1 aliphatic carbocycles. The Kier molecular flexibility index (Phi) is 3.47. The highest BCUT2D eigenvalue weighted by Crippen LogP contribution is 2.35. The van der Waals surface area contributed by atoms with Crippen LogP contribution in [-0.4, -0.2) is 12.6 Å². The van der Waals surface area contributed by atoms with Crippen LogP contribution in [0.2, 0.25) is 0 Å². The first-order valence-electron chi connectivity index (χ1n) is 6.15. The lowest BCUT2D eigenvalue weighted by Gasteiger charge is -2.31. The average Bonchev–Trinajstić information content (AvgIpc) is 2.31. The highest BCUT2D eigenvalue weighted by atomic mass is 16.5. The van der Waals surface area contributed by atoms with E-state index < -0.39 is 0 Å². The van der Waals surface area contributed by atoms with Crippen LogP contribution in [0.25, 0.3) is 0 Å². The smallest absolute Gasteiger partial charge is 0.306 e. The second-order valence-corrected chi connectivity index (χ2v) is 5.04. The van der Waals surface area contributed by atoms with Crippen LogP contribution in [0.3, 0.4) is 0 Å². The Morgan fingerprint density at radius 3 is 3.06 bits per heavy atom. The molecule has 1 aliphatic heterocycles. The quantitative estimate of drug-likeness (QED) is 0.463. The predicted octanol–water partition coefficient (Wildman–Crippen LogP) is 3.24. The summed E-state index contributed by atoms with van der Waals surface area (Å²) in [5.74, 6) is 0.821. The van der Waals surface area contributed by atoms with Crippen LogP contribution >= 0.6 is 0 Å². The van der Waals surface area contributed by atoms with Gasteiger partial charge < -0.3 is 4.74 Å². The summed E-state index contributed by atoms with van der Waals surface area (Å²) < 4.78 is 5.16. The molecule has 0 radical (unpaired) electrons. The van der Waals surface area contributed by atoms with Crippen molar-refractivity contribution in [3.63, 3.8) is 0 Å². The first-order chi connectivity index (χ1) is 7.66. The number of hydrogen-bond donors (Lipinski definition) is 0. The van der Waals surface area contributed by atoms with Crippen molar-refractivity contribution in [1.29, 1.82) is 0 Å². The summed E-state index contributed by atoms with van der Waals surface area (Å²) in [5, 5.41) is 0. The monoisotopic (exact) mass is 220 g/mol. The zero-order valence-electron chi connectivity index (χ0n) is 10.00. The summed E-state index contributed by atoms with van der Waals surface area (Å²) >= 11 is 0. The number of carbonyl (C=O) groups is 1. The van der Waals surface area contributed by atoms with Crippen molar-refractivity contribution in [3.05, 3.63) is 23.8 Å². The van der Waals surface area contributed by atoms with E-state index in [1.165, 1.54) is 11.1 Å². The molecule has 2 nitrogen and oxygen atoms in total. The number of carbonyl (C=O) groups excluding carboxylic acids is 1. The summed E-state index contributed by atoms with van der Waals surface area (Å²) in [4.78, 5) is 11.3. The number of fused-ring (bicyclic) bond motifs is 1. The van der Waals surface area contributed by atoms with Gasteiger partial charge in [-0.2, -0.15) is 0 Å². The molecule has 0 bridgehead atoms. The van der Waals surface area contributed by atoms with Crippen LogP contribution < -0.4 is 0 Å². The van der Waals surface area contributed by atoms with Crippen molar-refractivity contribution < 1.29 is 9.53 Å². The molecule has 0 amide bonds. The molecule has 0 aromatic rings. The molecule has 0 aromatic carbocycles. The van der Waals surface area contributed by atoms with Gasteiger partial charge in [0.15, 0.2) is 0 Å². The first-order valence-corrected chi connectivity index (χ1v) is 6.15. The number of cyclic esters (lactones) is 1. The summed E-state index contributed by atoms with van der Waals surface area (Å²) in [6, 6.07) is 0. The summed E-state index contributed by atoms with van der Waals surface area (Å²) in [5.41, 5.74) is 2.72. The first kappa shape index (κ1) is 11.4. The molecule has 16 heavy (non-hydrogen) atoms. The second-order valence-electron chi connectivity index (χ2n) is 5.04. The minimum atomic E-state index is -0.0325. The number of esters is 1. The van der Waals surface area contributed by atoms with Crippen LogP contribution in [0.5, 0.6) is 0 Å². The minimum absolute atomic E-state index is 0.0325. The summed E-state index contributed by atoms with van der Waals surface area (Å²) in [7, 11) is 0. The highest BCUT2D eigenvalue weighted by molar-refractivity contribution is 5.70. The Morgan fingerprint density at radius 1 is 1.44 bits per heavy atom. The lowest BCUT2D eigenvalue weighted by Crippen LogP contribution is -2.31. The molecular formula is C14H20O2. The zero-order valence-corrected chi connectivity index (χ0v) is 10.00. The molecule has 0 aromatic heterocycles. The van der Waals surface area contributed by atoms with Gasteiger partial charge in [0.05, 0.1) is 6.61 Å². The fraction of sp³-hybridized carbons (Fsp3) is 0.643. The Morgan fingerprint density at radius 2 is 2.25 bits per heavy atom. The van der Waals surface area contributed by atoms with Crippen molar-refractivity contribution in [2.45, 2.75) is 39.0 Å². The van der Waals surface area contributed by atoms with Gasteiger partial charge in [-0.25, -0.2) is 0 Å². The van der Waals surface area contributed by atoms with Gasteiger partial charge >= 0.3 is 5.97 Å². The third-order valence-corrected chi connectivity index (χ3v) is 3.81. The van der Waals surface area contributed by atoms with E-state index in [4.69, 9.17) is 4.74 Å². The molecule has 2 atom stereocenters. The third kappa shape index (κ3) is 2.55. The maximum absolute atomic E-state index is 11.3. The lowest BCUT2D eigenvalue weighted by atomic mass is 9.79. The molecule has 2 heteroatoms. The number of ether oxygens (including phenoxy) is 1. The van der Waals surface area contributed by atoms with Gasteiger partial charge in [-0.3, -0.25) is 4.79 Å². The Bertz CT molecular complexity index is 328. The van der Waals surface area contributed by atoms with E-state index in [9.17, 15) is 4.79 Å². The molecule has 88 valence electrons. The van der Waals surface area contributed by atoms with Crippen LogP contribution in [0.4, 0.5) is 0 Å². The van der Waals surface area contributed by atoms with Crippen LogP contribution in [0.15, 0.2) is 23.8 Å².